The van der Waals surface area contributed by atoms with Crippen LogP contribution in [-0.2, 0) is 4.79 Å². The minimum atomic E-state index is 0.0483. The minimum absolute atomic E-state index is 0.0483. The number of amides is 1. The molecule has 0 aliphatic carbocycles. The molecule has 0 bridgehead atoms. The van der Waals surface area contributed by atoms with Crippen molar-refractivity contribution < 1.29 is 4.79 Å². The third kappa shape index (κ3) is 6.16. The molecule has 12 heavy (non-hydrogen) atoms. The summed E-state index contributed by atoms with van der Waals surface area (Å²) < 4.78 is 0. The highest BCUT2D eigenvalue weighted by Gasteiger charge is 2.01. The molecule has 3 heteroatoms. The number of hydrogen-bond acceptors (Lipinski definition) is 2. The molecule has 0 spiro atoms. The molecule has 0 aliphatic heterocycles. The van der Waals surface area contributed by atoms with Gasteiger partial charge in [-0.15, -0.1) is 0 Å². The van der Waals surface area contributed by atoms with Gasteiger partial charge in [0.15, 0.2) is 0 Å². The third-order valence-electron chi connectivity index (χ3n) is 1.63. The lowest BCUT2D eigenvalue weighted by Crippen LogP contribution is -2.37. The van der Waals surface area contributed by atoms with Gasteiger partial charge < -0.3 is 5.32 Å². The van der Waals surface area contributed by atoms with E-state index in [0.29, 0.717) is 6.67 Å². The maximum Gasteiger partial charge on any atom is 0.217 e. The van der Waals surface area contributed by atoms with Crippen LogP contribution in [0.5, 0.6) is 0 Å². The van der Waals surface area contributed by atoms with Crippen LogP contribution in [0.1, 0.15) is 33.6 Å². The zero-order valence-corrected chi connectivity index (χ0v) is 8.39. The SMILES string of the molecule is CCCN(CCC)CNC(C)=O. The summed E-state index contributed by atoms with van der Waals surface area (Å²) in [6.45, 7) is 8.67. The third-order valence-corrected chi connectivity index (χ3v) is 1.63. The predicted molar refractivity (Wildman–Crippen MR) is 50.8 cm³/mol. The predicted octanol–water partition coefficient (Wildman–Crippen LogP) is 1.20. The van der Waals surface area contributed by atoms with Crippen molar-refractivity contribution in [1.29, 1.82) is 0 Å². The molecule has 0 radical (unpaired) electrons. The van der Waals surface area contributed by atoms with Crippen LogP contribution in [0.4, 0.5) is 0 Å². The van der Waals surface area contributed by atoms with Gasteiger partial charge in [-0.25, -0.2) is 0 Å². The van der Waals surface area contributed by atoms with Crippen molar-refractivity contribution in [2.24, 2.45) is 0 Å². The van der Waals surface area contributed by atoms with Crippen LogP contribution in [0.2, 0.25) is 0 Å². The Morgan fingerprint density at radius 2 is 1.75 bits per heavy atom. The van der Waals surface area contributed by atoms with Gasteiger partial charge in [0.05, 0.1) is 6.67 Å². The fourth-order valence-corrected chi connectivity index (χ4v) is 1.13. The molecule has 0 aromatic carbocycles. The van der Waals surface area contributed by atoms with Crippen LogP contribution in [-0.4, -0.2) is 30.6 Å². The van der Waals surface area contributed by atoms with Gasteiger partial charge in [-0.3, -0.25) is 9.69 Å². The number of carbonyl (C=O) groups excluding carboxylic acids is 1. The highest BCUT2D eigenvalue weighted by atomic mass is 16.1. The standard InChI is InChI=1S/C9H20N2O/c1-4-6-11(7-5-2)8-10-9(3)12/h4-8H2,1-3H3,(H,10,12). The Hall–Kier alpha value is -0.570. The van der Waals surface area contributed by atoms with Crippen molar-refractivity contribution in [1.82, 2.24) is 10.2 Å². The Labute approximate surface area is 75.1 Å². The van der Waals surface area contributed by atoms with Gasteiger partial charge in [0, 0.05) is 6.92 Å². The van der Waals surface area contributed by atoms with Gasteiger partial charge in [0.25, 0.3) is 0 Å². The molecule has 1 amide bonds. The first kappa shape index (κ1) is 11.4. The highest BCUT2D eigenvalue weighted by Crippen LogP contribution is 1.91. The van der Waals surface area contributed by atoms with Crippen molar-refractivity contribution in [3.05, 3.63) is 0 Å². The van der Waals surface area contributed by atoms with Gasteiger partial charge >= 0.3 is 0 Å². The molecule has 0 aliphatic rings. The van der Waals surface area contributed by atoms with E-state index in [1.54, 1.807) is 6.92 Å². The first-order valence-corrected chi connectivity index (χ1v) is 4.67. The quantitative estimate of drug-likeness (QED) is 0.611. The summed E-state index contributed by atoms with van der Waals surface area (Å²) in [5.41, 5.74) is 0. The summed E-state index contributed by atoms with van der Waals surface area (Å²) in [6.07, 6.45) is 2.28. The van der Waals surface area contributed by atoms with E-state index < -0.39 is 0 Å². The number of nitrogens with one attached hydrogen (secondary N) is 1. The summed E-state index contributed by atoms with van der Waals surface area (Å²) in [5, 5.41) is 2.80. The van der Waals surface area contributed by atoms with E-state index in [9.17, 15) is 4.79 Å². The Morgan fingerprint density at radius 3 is 2.08 bits per heavy atom. The van der Waals surface area contributed by atoms with Crippen molar-refractivity contribution in [3.63, 3.8) is 0 Å². The second-order valence-electron chi connectivity index (χ2n) is 3.01. The molecule has 0 atom stereocenters. The van der Waals surface area contributed by atoms with Crippen molar-refractivity contribution in [2.45, 2.75) is 33.6 Å². The van der Waals surface area contributed by atoms with Crippen molar-refractivity contribution in [2.75, 3.05) is 19.8 Å². The average Bonchev–Trinajstić information content (AvgIpc) is 2.01. The van der Waals surface area contributed by atoms with E-state index in [4.69, 9.17) is 0 Å². The number of rotatable bonds is 6. The van der Waals surface area contributed by atoms with E-state index in [0.717, 1.165) is 25.9 Å². The van der Waals surface area contributed by atoms with Crippen LogP contribution in [0.25, 0.3) is 0 Å². The molecular weight excluding hydrogens is 152 g/mol. The zero-order valence-electron chi connectivity index (χ0n) is 8.39. The Balaban J connectivity index is 3.54. The normalized spacial score (nSPS) is 10.3. The van der Waals surface area contributed by atoms with Crippen LogP contribution in [0, 0.1) is 0 Å². The second-order valence-corrected chi connectivity index (χ2v) is 3.01. The molecule has 72 valence electrons. The molecule has 0 aromatic heterocycles. The smallest absolute Gasteiger partial charge is 0.217 e. The van der Waals surface area contributed by atoms with E-state index in [1.807, 2.05) is 0 Å². The second kappa shape index (κ2) is 7.10. The Kier molecular flexibility index (Phi) is 6.76. The molecule has 0 rings (SSSR count). The maximum absolute atomic E-state index is 10.6. The monoisotopic (exact) mass is 172 g/mol. The van der Waals surface area contributed by atoms with E-state index in [2.05, 4.69) is 24.1 Å². The fraction of sp³-hybridized carbons (Fsp3) is 0.889. The van der Waals surface area contributed by atoms with Gasteiger partial charge in [0.1, 0.15) is 0 Å². The number of nitrogens with zero attached hydrogens (tertiary/aromatic N) is 1. The number of carbonyl (C=O) groups is 1. The molecule has 0 unspecified atom stereocenters. The van der Waals surface area contributed by atoms with Gasteiger partial charge in [0.2, 0.25) is 5.91 Å². The lowest BCUT2D eigenvalue weighted by Gasteiger charge is -2.20. The van der Waals surface area contributed by atoms with Crippen molar-refractivity contribution >= 4 is 5.91 Å². The first-order valence-electron chi connectivity index (χ1n) is 4.67. The molecule has 0 heterocycles. The van der Waals surface area contributed by atoms with Crippen LogP contribution >= 0.6 is 0 Å². The Morgan fingerprint density at radius 1 is 1.25 bits per heavy atom. The van der Waals surface area contributed by atoms with E-state index in [1.165, 1.54) is 0 Å². The highest BCUT2D eigenvalue weighted by molar-refractivity contribution is 5.72. The van der Waals surface area contributed by atoms with Gasteiger partial charge in [-0.2, -0.15) is 0 Å². The zero-order chi connectivity index (χ0) is 9.40. The summed E-state index contributed by atoms with van der Waals surface area (Å²) in [7, 11) is 0. The van der Waals surface area contributed by atoms with Crippen LogP contribution < -0.4 is 5.32 Å². The van der Waals surface area contributed by atoms with Crippen LogP contribution in [0.15, 0.2) is 0 Å². The van der Waals surface area contributed by atoms with Gasteiger partial charge in [-0.05, 0) is 25.9 Å². The molecule has 1 N–H and O–H groups in total. The van der Waals surface area contributed by atoms with Crippen molar-refractivity contribution in [3.8, 4) is 0 Å². The lowest BCUT2D eigenvalue weighted by molar-refractivity contribution is -0.119. The maximum atomic E-state index is 10.6. The molecule has 0 fully saturated rings. The fourth-order valence-electron chi connectivity index (χ4n) is 1.13. The molecular formula is C9H20N2O. The van der Waals surface area contributed by atoms with E-state index >= 15 is 0 Å². The summed E-state index contributed by atoms with van der Waals surface area (Å²) in [4.78, 5) is 12.9. The molecule has 0 saturated carbocycles. The Bertz CT molecular complexity index is 120. The lowest BCUT2D eigenvalue weighted by atomic mass is 10.4. The molecule has 0 aromatic rings. The molecule has 3 nitrogen and oxygen atoms in total. The van der Waals surface area contributed by atoms with Gasteiger partial charge in [-0.1, -0.05) is 13.8 Å². The first-order chi connectivity index (χ1) is 5.70. The largest absolute Gasteiger partial charge is 0.344 e. The van der Waals surface area contributed by atoms with E-state index in [-0.39, 0.29) is 5.91 Å². The minimum Gasteiger partial charge on any atom is -0.344 e. The summed E-state index contributed by atoms with van der Waals surface area (Å²) in [5.74, 6) is 0.0483. The summed E-state index contributed by atoms with van der Waals surface area (Å²) >= 11 is 0. The summed E-state index contributed by atoms with van der Waals surface area (Å²) in [6, 6.07) is 0. The average molecular weight is 172 g/mol. The topological polar surface area (TPSA) is 32.3 Å². The molecule has 0 saturated heterocycles. The van der Waals surface area contributed by atoms with Crippen LogP contribution in [0.3, 0.4) is 0 Å². The number of hydrogen-bond donors (Lipinski definition) is 1.